The molecular formula is C51H79NO12. The minimum atomic E-state index is -2.42. The summed E-state index contributed by atoms with van der Waals surface area (Å²) in [7, 11) is 3.12. The number of esters is 1. The zero-order valence-corrected chi connectivity index (χ0v) is 39.9. The zero-order chi connectivity index (χ0) is 47.5. The third-order valence-electron chi connectivity index (χ3n) is 14.4. The predicted molar refractivity (Wildman–Crippen MR) is 244 cm³/mol. The molecule has 13 nitrogen and oxygen atoms in total. The van der Waals surface area contributed by atoms with Crippen LogP contribution in [0.15, 0.2) is 59.8 Å². The number of hydrogen-bond acceptors (Lipinski definition) is 12. The number of ether oxygens (including phenoxy) is 4. The van der Waals surface area contributed by atoms with Crippen LogP contribution in [-0.4, -0.2) is 124 Å². The molecule has 0 unspecified atom stereocenters. The van der Waals surface area contributed by atoms with Gasteiger partial charge in [-0.1, -0.05) is 77.7 Å². The first kappa shape index (κ1) is 53.3. The van der Waals surface area contributed by atoms with E-state index in [4.69, 9.17) is 18.9 Å². The lowest BCUT2D eigenvalue weighted by molar-refractivity contribution is -0.265. The molecule has 1 saturated carbocycles. The summed E-state index contributed by atoms with van der Waals surface area (Å²) in [6.07, 6.45) is 11.4. The van der Waals surface area contributed by atoms with Crippen molar-refractivity contribution in [2.24, 2.45) is 35.5 Å². The van der Waals surface area contributed by atoms with E-state index in [9.17, 15) is 39.6 Å². The second-order valence-corrected chi connectivity index (χ2v) is 19.6. The molecule has 1 amide bonds. The van der Waals surface area contributed by atoms with Gasteiger partial charge in [0.15, 0.2) is 0 Å². The van der Waals surface area contributed by atoms with Gasteiger partial charge in [-0.3, -0.25) is 14.4 Å². The summed E-state index contributed by atoms with van der Waals surface area (Å²) in [4.78, 5) is 58.0. The van der Waals surface area contributed by atoms with Crippen LogP contribution in [0.3, 0.4) is 0 Å². The van der Waals surface area contributed by atoms with Crippen molar-refractivity contribution in [1.29, 1.82) is 0 Å². The van der Waals surface area contributed by atoms with Crippen molar-refractivity contribution in [1.82, 2.24) is 4.90 Å². The van der Waals surface area contributed by atoms with Gasteiger partial charge in [0, 0.05) is 45.4 Å². The number of Topliss-reactive ketones (excluding diaryl/α,β-unsaturated/α-hetero) is 2. The normalized spacial score (nSPS) is 40.9. The minimum Gasteiger partial charge on any atom is -0.460 e. The van der Waals surface area contributed by atoms with E-state index in [1.165, 1.54) is 12.0 Å². The Morgan fingerprint density at radius 2 is 1.59 bits per heavy atom. The number of cyclic esters (lactones) is 1. The number of hydrogen-bond donors (Lipinski definition) is 4. The van der Waals surface area contributed by atoms with E-state index < -0.39 is 84.1 Å². The Balaban J connectivity index is 1.70. The molecule has 360 valence electrons. The fraction of sp³-hybridized carbons (Fsp3) is 0.725. The van der Waals surface area contributed by atoms with Crippen molar-refractivity contribution < 1.29 is 58.6 Å². The van der Waals surface area contributed by atoms with Crippen LogP contribution in [0.2, 0.25) is 0 Å². The fourth-order valence-corrected chi connectivity index (χ4v) is 10.0. The average Bonchev–Trinajstić information content (AvgIpc) is 3.26. The number of carbonyl (C=O) groups is 4. The molecule has 1 aliphatic carbocycles. The molecular weight excluding hydrogens is 819 g/mol. The van der Waals surface area contributed by atoms with Gasteiger partial charge in [0.25, 0.3) is 11.7 Å². The second kappa shape index (κ2) is 24.5. The average molecular weight is 898 g/mol. The van der Waals surface area contributed by atoms with E-state index in [0.717, 1.165) is 17.6 Å². The van der Waals surface area contributed by atoms with Crippen molar-refractivity contribution in [2.45, 2.75) is 180 Å². The van der Waals surface area contributed by atoms with Crippen LogP contribution in [0.1, 0.15) is 126 Å². The van der Waals surface area contributed by atoms with Crippen molar-refractivity contribution in [3.8, 4) is 0 Å². The Morgan fingerprint density at radius 3 is 2.27 bits per heavy atom. The fourth-order valence-electron chi connectivity index (χ4n) is 10.0. The number of aliphatic hydroxyl groups is 4. The molecule has 4 rings (SSSR count). The van der Waals surface area contributed by atoms with Gasteiger partial charge in [0.1, 0.15) is 30.1 Å². The molecule has 2 saturated heterocycles. The highest BCUT2D eigenvalue weighted by molar-refractivity contribution is 6.39. The predicted octanol–water partition coefficient (Wildman–Crippen LogP) is 6.51. The number of amides is 1. The SMILES string of the molecule is C=C1[C@H](C)C[C@H](C)/C=C/C=C/C=C(\C)[C@@H](OC)C[C@@H]2CC[C@@H](C)[C@@](O)(O2)C(=O)C(=O)N2CCCC[C@H]2C(=O)O[C@H]([C@H](C)C[C@@H]2CC[C@@H](O)[C@H](O)C2)CC(=O)[C@H](C)/C=C(\C)[C@@H](O)[C@H]1OC. The number of aliphatic hydroxyl groups excluding tert-OH is 3. The number of rotatable bonds is 5. The Hall–Kier alpha value is -3.30. The van der Waals surface area contributed by atoms with Gasteiger partial charge in [-0.25, -0.2) is 4.79 Å². The van der Waals surface area contributed by atoms with Crippen LogP contribution in [-0.2, 0) is 38.1 Å². The van der Waals surface area contributed by atoms with Crippen LogP contribution in [0.4, 0.5) is 0 Å². The van der Waals surface area contributed by atoms with Gasteiger partial charge in [-0.2, -0.15) is 0 Å². The van der Waals surface area contributed by atoms with Crippen LogP contribution in [0, 0.1) is 35.5 Å². The first-order chi connectivity index (χ1) is 30.2. The standard InChI is InChI=1S/C51H79NO12/c1-30-16-12-11-13-17-31(2)44(61-9)28-39-21-19-36(7)51(60,64-39)48(57)49(58)52-23-15-14-18-40(52)50(59)63-45(34(5)26-38-20-22-41(53)43(55)27-38)29-42(54)33(4)25-35(6)46(56)47(62-10)37(8)32(3)24-30/h11-13,16-17,25,30,32-34,36,38-41,43-47,53,55-56,60H,8,14-15,18-24,26-29H2,1-7,9-10H3/b13-11+,16-12+,31-17+,35-25+/t30-,32-,33-,34-,36-,38+,39+,40+,41-,43-,44+,45+,46-,47+,51-/m1/s1. The minimum absolute atomic E-state index is 0.00507. The Labute approximate surface area is 382 Å². The molecule has 15 atom stereocenters. The zero-order valence-electron chi connectivity index (χ0n) is 39.9. The largest absolute Gasteiger partial charge is 0.460 e. The first-order valence-electron chi connectivity index (χ1n) is 23.7. The Kier molecular flexibility index (Phi) is 20.4. The molecule has 0 aromatic carbocycles. The highest BCUT2D eigenvalue weighted by atomic mass is 16.6. The summed E-state index contributed by atoms with van der Waals surface area (Å²) < 4.78 is 24.0. The van der Waals surface area contributed by atoms with Crippen molar-refractivity contribution in [2.75, 3.05) is 20.8 Å². The number of fused-ring (bicyclic) bond motifs is 3. The van der Waals surface area contributed by atoms with Crippen molar-refractivity contribution in [3.05, 3.63) is 59.8 Å². The lowest BCUT2D eigenvalue weighted by atomic mass is 9.78. The van der Waals surface area contributed by atoms with Crippen molar-refractivity contribution >= 4 is 23.4 Å². The number of nitrogens with zero attached hydrogens (tertiary/aromatic N) is 1. The van der Waals surface area contributed by atoms with Gasteiger partial charge >= 0.3 is 5.97 Å². The van der Waals surface area contributed by atoms with Gasteiger partial charge in [-0.05, 0) is 118 Å². The third-order valence-corrected chi connectivity index (χ3v) is 14.4. The van der Waals surface area contributed by atoms with Gasteiger partial charge < -0.3 is 44.3 Å². The van der Waals surface area contributed by atoms with E-state index in [2.05, 4.69) is 26.5 Å². The summed E-state index contributed by atoms with van der Waals surface area (Å²) in [5, 5.41) is 44.1. The van der Waals surface area contributed by atoms with Crippen molar-refractivity contribution in [3.63, 3.8) is 0 Å². The molecule has 0 radical (unpaired) electrons. The summed E-state index contributed by atoms with van der Waals surface area (Å²) in [5.41, 5.74) is 2.17. The molecule has 2 bridgehead atoms. The van der Waals surface area contributed by atoms with Crippen LogP contribution in [0.5, 0.6) is 0 Å². The maximum Gasteiger partial charge on any atom is 0.329 e. The molecule has 3 aliphatic heterocycles. The van der Waals surface area contributed by atoms with E-state index in [1.54, 1.807) is 34.0 Å². The molecule has 0 spiro atoms. The number of methoxy groups -OCH3 is 2. The number of piperidine rings is 1. The monoisotopic (exact) mass is 898 g/mol. The molecule has 3 heterocycles. The molecule has 0 aromatic heterocycles. The number of ketones is 2. The lowest BCUT2D eigenvalue weighted by Crippen LogP contribution is -2.61. The highest BCUT2D eigenvalue weighted by Gasteiger charge is 2.53. The smallest absolute Gasteiger partial charge is 0.329 e. The Morgan fingerprint density at radius 1 is 0.875 bits per heavy atom. The van der Waals surface area contributed by atoms with Gasteiger partial charge in [0.2, 0.25) is 5.79 Å². The maximum absolute atomic E-state index is 14.3. The Bertz CT molecular complexity index is 1740. The molecule has 4 N–H and O–H groups in total. The summed E-state index contributed by atoms with van der Waals surface area (Å²) >= 11 is 0. The number of carbonyl (C=O) groups excluding carboxylic acids is 4. The molecule has 0 aromatic rings. The highest BCUT2D eigenvalue weighted by Crippen LogP contribution is 2.38. The molecule has 64 heavy (non-hydrogen) atoms. The first-order valence-corrected chi connectivity index (χ1v) is 23.7. The van der Waals surface area contributed by atoms with Crippen LogP contribution >= 0.6 is 0 Å². The second-order valence-electron chi connectivity index (χ2n) is 19.6. The lowest BCUT2D eigenvalue weighted by Gasteiger charge is -2.42. The third kappa shape index (κ3) is 13.9. The summed E-state index contributed by atoms with van der Waals surface area (Å²) in [5.74, 6) is -7.13. The van der Waals surface area contributed by atoms with E-state index in [-0.39, 0.29) is 48.8 Å². The van der Waals surface area contributed by atoms with E-state index >= 15 is 0 Å². The van der Waals surface area contributed by atoms with Gasteiger partial charge in [0.05, 0.1) is 24.4 Å². The number of allylic oxidation sites excluding steroid dienone is 6. The molecule has 3 fully saturated rings. The van der Waals surface area contributed by atoms with Crippen LogP contribution in [0.25, 0.3) is 0 Å². The van der Waals surface area contributed by atoms with Crippen LogP contribution < -0.4 is 0 Å². The maximum atomic E-state index is 14.3. The quantitative estimate of drug-likeness (QED) is 0.133. The van der Waals surface area contributed by atoms with E-state index in [1.807, 2.05) is 38.2 Å². The topological polar surface area (TPSA) is 189 Å². The summed E-state index contributed by atoms with van der Waals surface area (Å²) in [6.45, 7) is 17.6. The van der Waals surface area contributed by atoms with Gasteiger partial charge in [-0.15, -0.1) is 0 Å². The van der Waals surface area contributed by atoms with E-state index in [0.29, 0.717) is 63.4 Å². The molecule has 4 aliphatic rings. The summed E-state index contributed by atoms with van der Waals surface area (Å²) in [6, 6.07) is -1.14. The molecule has 13 heteroatoms.